The molecule has 184 valence electrons. The standard InChI is InChI=1S/C22H27ClF2N6O3/c1-12-9-31(21(32)33)13(2)8-30(12)19-15-7-26-18(23)16(25)17(15)27-20(28-19)34-11-22-4-3-5-29(22)10-14(24)6-22/h7,12-14H,3-6,8-11H2,1-2H3,(H,32,33)/t12-,13+,14+,22-/m0/s1. The van der Waals surface area contributed by atoms with Gasteiger partial charge < -0.3 is 19.6 Å². The van der Waals surface area contributed by atoms with E-state index in [2.05, 4.69) is 19.9 Å². The molecule has 12 heteroatoms. The third-order valence-electron chi connectivity index (χ3n) is 7.34. The van der Waals surface area contributed by atoms with E-state index in [1.807, 2.05) is 18.7 Å². The molecule has 5 rings (SSSR count). The Labute approximate surface area is 200 Å². The molecule has 5 heterocycles. The minimum Gasteiger partial charge on any atom is -0.465 e. The third kappa shape index (κ3) is 3.88. The first-order valence-corrected chi connectivity index (χ1v) is 11.9. The van der Waals surface area contributed by atoms with Crippen molar-refractivity contribution in [2.75, 3.05) is 37.7 Å². The maximum absolute atomic E-state index is 15.0. The van der Waals surface area contributed by atoms with Crippen molar-refractivity contribution in [2.24, 2.45) is 0 Å². The lowest BCUT2D eigenvalue weighted by Crippen LogP contribution is -2.58. The van der Waals surface area contributed by atoms with Gasteiger partial charge in [-0.1, -0.05) is 11.6 Å². The van der Waals surface area contributed by atoms with Crippen LogP contribution in [0.5, 0.6) is 6.01 Å². The van der Waals surface area contributed by atoms with Gasteiger partial charge in [-0.05, 0) is 33.2 Å². The van der Waals surface area contributed by atoms with E-state index >= 15 is 0 Å². The van der Waals surface area contributed by atoms with Crippen LogP contribution in [0.25, 0.3) is 10.9 Å². The fraction of sp³-hybridized carbons (Fsp3) is 0.636. The molecule has 3 aliphatic rings. The van der Waals surface area contributed by atoms with Gasteiger partial charge in [0.05, 0.1) is 10.9 Å². The van der Waals surface area contributed by atoms with E-state index in [1.54, 1.807) is 0 Å². The van der Waals surface area contributed by atoms with E-state index in [4.69, 9.17) is 16.3 Å². The molecule has 3 saturated heterocycles. The van der Waals surface area contributed by atoms with Crippen LogP contribution in [0.4, 0.5) is 19.4 Å². The SMILES string of the molecule is C[C@@H]1CN(c2nc(OC[C@@]34CCCN3C[C@H](F)C4)nc3c(F)c(Cl)ncc23)[C@@H](C)CN1C(=O)O. The van der Waals surface area contributed by atoms with Crippen molar-refractivity contribution in [1.82, 2.24) is 24.8 Å². The van der Waals surface area contributed by atoms with E-state index < -0.39 is 23.6 Å². The highest BCUT2D eigenvalue weighted by molar-refractivity contribution is 6.30. The van der Waals surface area contributed by atoms with Crippen molar-refractivity contribution in [3.05, 3.63) is 17.2 Å². The zero-order valence-corrected chi connectivity index (χ0v) is 19.8. The number of fused-ring (bicyclic) bond motifs is 2. The Morgan fingerprint density at radius 1 is 1.29 bits per heavy atom. The Bertz CT molecular complexity index is 1130. The van der Waals surface area contributed by atoms with Gasteiger partial charge in [0.2, 0.25) is 0 Å². The van der Waals surface area contributed by atoms with Crippen molar-refractivity contribution in [1.29, 1.82) is 0 Å². The van der Waals surface area contributed by atoms with Gasteiger partial charge in [-0.15, -0.1) is 0 Å². The summed E-state index contributed by atoms with van der Waals surface area (Å²) in [7, 11) is 0. The molecule has 4 atom stereocenters. The molecule has 0 radical (unpaired) electrons. The van der Waals surface area contributed by atoms with E-state index in [9.17, 15) is 18.7 Å². The summed E-state index contributed by atoms with van der Waals surface area (Å²) >= 11 is 5.93. The lowest BCUT2D eigenvalue weighted by molar-refractivity contribution is 0.107. The van der Waals surface area contributed by atoms with E-state index in [1.165, 1.54) is 11.1 Å². The molecule has 0 unspecified atom stereocenters. The lowest BCUT2D eigenvalue weighted by atomic mass is 9.95. The summed E-state index contributed by atoms with van der Waals surface area (Å²) in [5.74, 6) is -0.370. The first-order chi connectivity index (χ1) is 16.2. The number of carboxylic acid groups (broad SMARTS) is 1. The van der Waals surface area contributed by atoms with E-state index in [0.717, 1.165) is 19.4 Å². The number of ether oxygens (including phenoxy) is 1. The summed E-state index contributed by atoms with van der Waals surface area (Å²) in [5.41, 5.74) is -0.419. The topological polar surface area (TPSA) is 94.9 Å². The Morgan fingerprint density at radius 3 is 2.85 bits per heavy atom. The predicted molar refractivity (Wildman–Crippen MR) is 122 cm³/mol. The summed E-state index contributed by atoms with van der Waals surface area (Å²) in [6.07, 6.45) is 1.72. The minimum atomic E-state index is -0.988. The fourth-order valence-corrected chi connectivity index (χ4v) is 5.76. The van der Waals surface area contributed by atoms with Crippen LogP contribution in [-0.4, -0.2) is 92.5 Å². The molecule has 34 heavy (non-hydrogen) atoms. The Kier molecular flexibility index (Phi) is 5.87. The number of aromatic nitrogens is 3. The zero-order valence-electron chi connectivity index (χ0n) is 19.0. The molecular formula is C22H27ClF2N6O3. The lowest BCUT2D eigenvalue weighted by Gasteiger charge is -2.43. The van der Waals surface area contributed by atoms with E-state index in [0.29, 0.717) is 30.7 Å². The third-order valence-corrected chi connectivity index (χ3v) is 7.60. The van der Waals surface area contributed by atoms with Crippen LogP contribution in [-0.2, 0) is 0 Å². The van der Waals surface area contributed by atoms with Crippen LogP contribution < -0.4 is 9.64 Å². The first-order valence-electron chi connectivity index (χ1n) is 11.5. The van der Waals surface area contributed by atoms with Gasteiger partial charge in [-0.2, -0.15) is 9.97 Å². The molecule has 0 saturated carbocycles. The number of rotatable bonds is 4. The molecule has 2 aromatic heterocycles. The second-order valence-corrected chi connectivity index (χ2v) is 9.96. The molecular weight excluding hydrogens is 470 g/mol. The molecule has 0 aliphatic carbocycles. The normalized spacial score (nSPS) is 29.6. The molecule has 2 aromatic rings. The number of nitrogens with zero attached hydrogens (tertiary/aromatic N) is 6. The largest absolute Gasteiger partial charge is 0.465 e. The molecule has 3 fully saturated rings. The quantitative estimate of drug-likeness (QED) is 0.644. The highest BCUT2D eigenvalue weighted by Gasteiger charge is 2.49. The van der Waals surface area contributed by atoms with Crippen molar-refractivity contribution in [2.45, 2.75) is 56.9 Å². The van der Waals surface area contributed by atoms with Crippen LogP contribution in [0.2, 0.25) is 5.15 Å². The van der Waals surface area contributed by atoms with Crippen LogP contribution in [0.15, 0.2) is 6.20 Å². The summed E-state index contributed by atoms with van der Waals surface area (Å²) in [4.78, 5) is 29.8. The maximum Gasteiger partial charge on any atom is 0.407 e. The van der Waals surface area contributed by atoms with Crippen LogP contribution in [0, 0.1) is 5.82 Å². The molecule has 0 spiro atoms. The van der Waals surface area contributed by atoms with Gasteiger partial charge >= 0.3 is 12.1 Å². The highest BCUT2D eigenvalue weighted by Crippen LogP contribution is 2.40. The molecule has 0 aromatic carbocycles. The number of carbonyl (C=O) groups is 1. The summed E-state index contributed by atoms with van der Waals surface area (Å²) in [6.45, 7) is 5.73. The van der Waals surface area contributed by atoms with Crippen molar-refractivity contribution >= 4 is 34.4 Å². The number of anilines is 1. The number of amides is 1. The predicted octanol–water partition coefficient (Wildman–Crippen LogP) is 3.35. The summed E-state index contributed by atoms with van der Waals surface area (Å²) in [6, 6.07) is -0.560. The fourth-order valence-electron chi connectivity index (χ4n) is 5.62. The van der Waals surface area contributed by atoms with Crippen LogP contribution in [0.1, 0.15) is 33.1 Å². The number of alkyl halides is 1. The second-order valence-electron chi connectivity index (χ2n) is 9.60. The van der Waals surface area contributed by atoms with Gasteiger partial charge in [0, 0.05) is 44.3 Å². The molecule has 1 amide bonds. The number of hydrogen-bond acceptors (Lipinski definition) is 7. The van der Waals surface area contributed by atoms with Crippen LogP contribution >= 0.6 is 11.6 Å². The molecule has 1 N–H and O–H groups in total. The first kappa shape index (κ1) is 23.2. The number of hydrogen-bond donors (Lipinski definition) is 1. The average Bonchev–Trinajstić information content (AvgIpc) is 3.31. The van der Waals surface area contributed by atoms with Crippen molar-refractivity contribution in [3.63, 3.8) is 0 Å². The Balaban J connectivity index is 1.50. The second kappa shape index (κ2) is 8.60. The molecule has 3 aliphatic heterocycles. The van der Waals surface area contributed by atoms with E-state index in [-0.39, 0.29) is 41.9 Å². The number of halogens is 3. The minimum absolute atomic E-state index is 0.0175. The van der Waals surface area contributed by atoms with Crippen LogP contribution in [0.3, 0.4) is 0 Å². The zero-order chi connectivity index (χ0) is 24.2. The molecule has 0 bridgehead atoms. The van der Waals surface area contributed by atoms with Gasteiger partial charge in [0.25, 0.3) is 0 Å². The maximum atomic E-state index is 15.0. The average molecular weight is 497 g/mol. The van der Waals surface area contributed by atoms with Gasteiger partial charge in [0.15, 0.2) is 11.0 Å². The van der Waals surface area contributed by atoms with Gasteiger partial charge in [0.1, 0.15) is 24.1 Å². The summed E-state index contributed by atoms with van der Waals surface area (Å²) in [5, 5.41) is 9.54. The van der Waals surface area contributed by atoms with Crippen molar-refractivity contribution < 1.29 is 23.4 Å². The smallest absolute Gasteiger partial charge is 0.407 e. The number of piperazine rings is 1. The van der Waals surface area contributed by atoms with Crippen molar-refractivity contribution in [3.8, 4) is 6.01 Å². The Hall–Kier alpha value is -2.53. The Morgan fingerprint density at radius 2 is 2.09 bits per heavy atom. The summed E-state index contributed by atoms with van der Waals surface area (Å²) < 4.78 is 35.1. The monoisotopic (exact) mass is 496 g/mol. The molecule has 9 nitrogen and oxygen atoms in total. The van der Waals surface area contributed by atoms with Gasteiger partial charge in [-0.25, -0.2) is 18.6 Å². The van der Waals surface area contributed by atoms with Gasteiger partial charge in [-0.3, -0.25) is 4.90 Å². The highest BCUT2D eigenvalue weighted by atomic mass is 35.5. The number of pyridine rings is 1.